The molecule has 2 aromatic heterocycles. The van der Waals surface area contributed by atoms with E-state index in [9.17, 15) is 4.79 Å². The number of hydrogen-bond acceptors (Lipinski definition) is 3. The Kier molecular flexibility index (Phi) is 2.80. The van der Waals surface area contributed by atoms with Gasteiger partial charge in [0.05, 0.1) is 11.1 Å². The van der Waals surface area contributed by atoms with Crippen LogP contribution in [0.25, 0.3) is 10.9 Å². The SMILES string of the molecule is Cc1cccnc1C(=O)c1cccc2cccnc12. The van der Waals surface area contributed by atoms with Crippen LogP contribution in [0.3, 0.4) is 0 Å². The minimum absolute atomic E-state index is 0.0811. The molecule has 0 saturated heterocycles. The monoisotopic (exact) mass is 248 g/mol. The highest BCUT2D eigenvalue weighted by molar-refractivity contribution is 6.15. The van der Waals surface area contributed by atoms with E-state index in [1.165, 1.54) is 0 Å². The molecule has 0 aliphatic rings. The van der Waals surface area contributed by atoms with Crippen LogP contribution in [-0.4, -0.2) is 15.8 Å². The fourth-order valence-electron chi connectivity index (χ4n) is 2.14. The van der Waals surface area contributed by atoms with Gasteiger partial charge in [-0.3, -0.25) is 14.8 Å². The second-order valence-corrected chi connectivity index (χ2v) is 4.38. The number of aryl methyl sites for hydroxylation is 1. The van der Waals surface area contributed by atoms with Crippen molar-refractivity contribution in [3.05, 3.63) is 71.7 Å². The summed E-state index contributed by atoms with van der Waals surface area (Å²) in [7, 11) is 0. The molecule has 3 nitrogen and oxygen atoms in total. The number of carbonyl (C=O) groups is 1. The molecule has 0 atom stereocenters. The smallest absolute Gasteiger partial charge is 0.213 e. The molecule has 3 rings (SSSR count). The van der Waals surface area contributed by atoms with E-state index in [0.29, 0.717) is 11.3 Å². The molecule has 0 fully saturated rings. The van der Waals surface area contributed by atoms with E-state index in [0.717, 1.165) is 16.5 Å². The third-order valence-electron chi connectivity index (χ3n) is 3.10. The summed E-state index contributed by atoms with van der Waals surface area (Å²) in [6.45, 7) is 1.89. The van der Waals surface area contributed by atoms with Crippen molar-refractivity contribution in [2.45, 2.75) is 6.92 Å². The van der Waals surface area contributed by atoms with E-state index < -0.39 is 0 Å². The number of para-hydroxylation sites is 1. The normalized spacial score (nSPS) is 10.6. The number of fused-ring (bicyclic) bond motifs is 1. The highest BCUT2D eigenvalue weighted by Crippen LogP contribution is 2.19. The maximum atomic E-state index is 12.6. The van der Waals surface area contributed by atoms with Gasteiger partial charge >= 0.3 is 0 Å². The van der Waals surface area contributed by atoms with Crippen LogP contribution in [0, 0.1) is 6.92 Å². The minimum atomic E-state index is -0.0811. The van der Waals surface area contributed by atoms with Crippen molar-refractivity contribution in [1.82, 2.24) is 9.97 Å². The summed E-state index contributed by atoms with van der Waals surface area (Å²) in [4.78, 5) is 21.1. The maximum absolute atomic E-state index is 12.6. The zero-order valence-electron chi connectivity index (χ0n) is 10.5. The summed E-state index contributed by atoms with van der Waals surface area (Å²) < 4.78 is 0. The topological polar surface area (TPSA) is 42.9 Å². The molecular formula is C16H12N2O. The third-order valence-corrected chi connectivity index (χ3v) is 3.10. The average molecular weight is 248 g/mol. The molecule has 1 aromatic carbocycles. The summed E-state index contributed by atoms with van der Waals surface area (Å²) in [5, 5.41) is 0.960. The van der Waals surface area contributed by atoms with Crippen molar-refractivity contribution in [3.63, 3.8) is 0 Å². The molecule has 0 amide bonds. The van der Waals surface area contributed by atoms with Crippen LogP contribution in [0.4, 0.5) is 0 Å². The average Bonchev–Trinajstić information content (AvgIpc) is 2.46. The Morgan fingerprint density at radius 1 is 0.947 bits per heavy atom. The fraction of sp³-hybridized carbons (Fsp3) is 0.0625. The second-order valence-electron chi connectivity index (χ2n) is 4.38. The Hall–Kier alpha value is -2.55. The molecule has 0 radical (unpaired) electrons. The van der Waals surface area contributed by atoms with E-state index in [2.05, 4.69) is 9.97 Å². The Labute approximate surface area is 111 Å². The summed E-state index contributed by atoms with van der Waals surface area (Å²) in [5.41, 5.74) is 2.68. The van der Waals surface area contributed by atoms with E-state index in [-0.39, 0.29) is 5.78 Å². The first-order chi connectivity index (χ1) is 9.27. The summed E-state index contributed by atoms with van der Waals surface area (Å²) in [6.07, 6.45) is 3.34. The van der Waals surface area contributed by atoms with Crippen molar-refractivity contribution in [3.8, 4) is 0 Å². The largest absolute Gasteiger partial charge is 0.287 e. The molecule has 0 N–H and O–H groups in total. The van der Waals surface area contributed by atoms with Crippen LogP contribution < -0.4 is 0 Å². The van der Waals surface area contributed by atoms with Crippen molar-refractivity contribution >= 4 is 16.7 Å². The number of pyridine rings is 2. The van der Waals surface area contributed by atoms with E-state index in [4.69, 9.17) is 0 Å². The van der Waals surface area contributed by atoms with Crippen molar-refractivity contribution in [2.75, 3.05) is 0 Å². The number of carbonyl (C=O) groups excluding carboxylic acids is 1. The second kappa shape index (κ2) is 4.61. The van der Waals surface area contributed by atoms with Crippen LogP contribution in [0.2, 0.25) is 0 Å². The molecule has 3 heteroatoms. The van der Waals surface area contributed by atoms with E-state index in [1.807, 2.05) is 43.3 Å². The molecular weight excluding hydrogens is 236 g/mol. The number of ketones is 1. The van der Waals surface area contributed by atoms with E-state index >= 15 is 0 Å². The Morgan fingerprint density at radius 3 is 2.53 bits per heavy atom. The van der Waals surface area contributed by atoms with Gasteiger partial charge in [-0.1, -0.05) is 24.3 Å². The molecule has 0 unspecified atom stereocenters. The van der Waals surface area contributed by atoms with Gasteiger partial charge in [0.1, 0.15) is 5.69 Å². The van der Waals surface area contributed by atoms with Gasteiger partial charge in [-0.25, -0.2) is 0 Å². The Morgan fingerprint density at radius 2 is 1.68 bits per heavy atom. The van der Waals surface area contributed by atoms with Gasteiger partial charge < -0.3 is 0 Å². The van der Waals surface area contributed by atoms with Gasteiger partial charge in [0, 0.05) is 17.8 Å². The molecule has 0 aliphatic heterocycles. The standard InChI is InChI=1S/C16H12N2O/c1-11-5-3-9-17-14(11)16(19)13-8-2-6-12-7-4-10-18-15(12)13/h2-10H,1H3. The maximum Gasteiger partial charge on any atom is 0.213 e. The number of hydrogen-bond donors (Lipinski definition) is 0. The molecule has 0 saturated carbocycles. The van der Waals surface area contributed by atoms with Crippen LogP contribution in [0.15, 0.2) is 54.9 Å². The molecule has 0 aliphatic carbocycles. The van der Waals surface area contributed by atoms with Gasteiger partial charge in [-0.15, -0.1) is 0 Å². The molecule has 92 valence electrons. The summed E-state index contributed by atoms with van der Waals surface area (Å²) in [6, 6.07) is 13.1. The van der Waals surface area contributed by atoms with Crippen molar-refractivity contribution < 1.29 is 4.79 Å². The third kappa shape index (κ3) is 1.99. The van der Waals surface area contributed by atoms with Gasteiger partial charge in [-0.2, -0.15) is 0 Å². The quantitative estimate of drug-likeness (QED) is 0.654. The molecule has 3 aromatic rings. The first kappa shape index (κ1) is 11.5. The fourth-order valence-corrected chi connectivity index (χ4v) is 2.14. The zero-order valence-corrected chi connectivity index (χ0v) is 10.5. The molecule has 19 heavy (non-hydrogen) atoms. The lowest BCUT2D eigenvalue weighted by atomic mass is 10.0. The number of rotatable bonds is 2. The van der Waals surface area contributed by atoms with Crippen LogP contribution in [0.5, 0.6) is 0 Å². The predicted octanol–water partition coefficient (Wildman–Crippen LogP) is 3.17. The van der Waals surface area contributed by atoms with Crippen LogP contribution in [0.1, 0.15) is 21.6 Å². The first-order valence-electron chi connectivity index (χ1n) is 6.07. The van der Waals surface area contributed by atoms with Crippen LogP contribution in [-0.2, 0) is 0 Å². The van der Waals surface area contributed by atoms with Gasteiger partial charge in [-0.05, 0) is 30.7 Å². The molecule has 2 heterocycles. The van der Waals surface area contributed by atoms with Crippen molar-refractivity contribution in [2.24, 2.45) is 0 Å². The summed E-state index contributed by atoms with van der Waals surface area (Å²) in [5.74, 6) is -0.0811. The lowest BCUT2D eigenvalue weighted by molar-refractivity contribution is 0.103. The van der Waals surface area contributed by atoms with Gasteiger partial charge in [0.2, 0.25) is 5.78 Å². The first-order valence-corrected chi connectivity index (χ1v) is 6.07. The lowest BCUT2D eigenvalue weighted by Crippen LogP contribution is -2.07. The van der Waals surface area contributed by atoms with E-state index in [1.54, 1.807) is 18.5 Å². The number of benzene rings is 1. The molecule has 0 spiro atoms. The van der Waals surface area contributed by atoms with Crippen LogP contribution >= 0.6 is 0 Å². The molecule has 0 bridgehead atoms. The number of aromatic nitrogens is 2. The van der Waals surface area contributed by atoms with Gasteiger partial charge in [0.15, 0.2) is 0 Å². The Balaban J connectivity index is 2.20. The highest BCUT2D eigenvalue weighted by atomic mass is 16.1. The minimum Gasteiger partial charge on any atom is -0.287 e. The highest BCUT2D eigenvalue weighted by Gasteiger charge is 2.15. The summed E-state index contributed by atoms with van der Waals surface area (Å²) >= 11 is 0. The number of nitrogens with zero attached hydrogens (tertiary/aromatic N) is 2. The predicted molar refractivity (Wildman–Crippen MR) is 74.1 cm³/mol. The van der Waals surface area contributed by atoms with Crippen molar-refractivity contribution in [1.29, 1.82) is 0 Å². The Bertz CT molecular complexity index is 760. The van der Waals surface area contributed by atoms with Gasteiger partial charge in [0.25, 0.3) is 0 Å². The zero-order chi connectivity index (χ0) is 13.2. The lowest BCUT2D eigenvalue weighted by Gasteiger charge is -2.06.